The van der Waals surface area contributed by atoms with Crippen molar-refractivity contribution in [3.05, 3.63) is 17.6 Å². The summed E-state index contributed by atoms with van der Waals surface area (Å²) in [7, 11) is 0. The maximum Gasteiger partial charge on any atom is 0.389 e. The molecule has 15 heavy (non-hydrogen) atoms. The molecule has 0 unspecified atom stereocenters. The fourth-order valence-corrected chi connectivity index (χ4v) is 1.18. The predicted molar refractivity (Wildman–Crippen MR) is 54.0 cm³/mol. The maximum absolute atomic E-state index is 11.1. The Balaban J connectivity index is 2.85. The van der Waals surface area contributed by atoms with Gasteiger partial charge in [0.05, 0.1) is 19.4 Å². The lowest BCUT2D eigenvalue weighted by molar-refractivity contribution is -0.592. The number of aliphatic hydroxyl groups excluding tert-OH is 2. The molecule has 1 heterocycles. The second-order valence-corrected chi connectivity index (χ2v) is 2.93. The quantitative estimate of drug-likeness (QED) is 0.389. The minimum atomic E-state index is -0.133. The van der Waals surface area contributed by atoms with Gasteiger partial charge in [-0.3, -0.25) is 5.73 Å². The zero-order valence-corrected chi connectivity index (χ0v) is 8.20. The highest BCUT2D eigenvalue weighted by atomic mass is 16.5. The minimum Gasteiger partial charge on any atom is -0.740 e. The van der Waals surface area contributed by atoms with E-state index in [2.05, 4.69) is 4.98 Å². The molecule has 1 aromatic heterocycles. The van der Waals surface area contributed by atoms with Gasteiger partial charge in [0.25, 0.3) is 0 Å². The Kier molecular flexibility index (Phi) is 4.07. The SMILES string of the molecule is Nc1ncc(N(CCO)CCO)c[n+]1[O-]. The monoisotopic (exact) mass is 214 g/mol. The molecule has 7 heteroatoms. The Bertz CT molecular complexity index is 315. The van der Waals surface area contributed by atoms with E-state index in [1.54, 1.807) is 4.90 Å². The van der Waals surface area contributed by atoms with Gasteiger partial charge in [-0.25, -0.2) is 4.73 Å². The number of nitrogens with zero attached hydrogens (tertiary/aromatic N) is 3. The van der Waals surface area contributed by atoms with E-state index in [0.717, 1.165) is 0 Å². The van der Waals surface area contributed by atoms with Crippen LogP contribution in [0.25, 0.3) is 0 Å². The summed E-state index contributed by atoms with van der Waals surface area (Å²) >= 11 is 0. The lowest BCUT2D eigenvalue weighted by atomic mass is 10.4. The van der Waals surface area contributed by atoms with Gasteiger partial charge in [0.15, 0.2) is 0 Å². The average molecular weight is 214 g/mol. The van der Waals surface area contributed by atoms with Crippen molar-refractivity contribution < 1.29 is 14.9 Å². The topological polar surface area (TPSA) is 110 Å². The van der Waals surface area contributed by atoms with Gasteiger partial charge in [0, 0.05) is 13.1 Å². The molecule has 1 aromatic rings. The molecule has 0 bridgehead atoms. The molecule has 0 aliphatic carbocycles. The molecule has 7 nitrogen and oxygen atoms in total. The summed E-state index contributed by atoms with van der Waals surface area (Å²) < 4.78 is 0.442. The number of aliphatic hydroxyl groups is 2. The Morgan fingerprint density at radius 1 is 1.40 bits per heavy atom. The van der Waals surface area contributed by atoms with E-state index >= 15 is 0 Å². The van der Waals surface area contributed by atoms with Gasteiger partial charge in [-0.2, -0.15) is 0 Å². The van der Waals surface area contributed by atoms with Gasteiger partial charge >= 0.3 is 5.95 Å². The zero-order chi connectivity index (χ0) is 11.3. The first-order valence-electron chi connectivity index (χ1n) is 4.50. The van der Waals surface area contributed by atoms with Crippen molar-refractivity contribution >= 4 is 11.6 Å². The van der Waals surface area contributed by atoms with E-state index < -0.39 is 0 Å². The lowest BCUT2D eigenvalue weighted by Gasteiger charge is -2.22. The lowest BCUT2D eigenvalue weighted by Crippen LogP contribution is -2.36. The molecule has 0 saturated heterocycles. The van der Waals surface area contributed by atoms with Crippen molar-refractivity contribution in [3.8, 4) is 0 Å². The number of hydrogen-bond donors (Lipinski definition) is 3. The van der Waals surface area contributed by atoms with Crippen molar-refractivity contribution in [1.29, 1.82) is 0 Å². The molecule has 0 aliphatic heterocycles. The van der Waals surface area contributed by atoms with E-state index in [0.29, 0.717) is 23.5 Å². The number of rotatable bonds is 5. The molecule has 1 rings (SSSR count). The summed E-state index contributed by atoms with van der Waals surface area (Å²) in [5.41, 5.74) is 5.77. The van der Waals surface area contributed by atoms with Crippen LogP contribution >= 0.6 is 0 Å². The summed E-state index contributed by atoms with van der Waals surface area (Å²) in [6.45, 7) is 0.519. The Morgan fingerprint density at radius 2 is 2.00 bits per heavy atom. The summed E-state index contributed by atoms with van der Waals surface area (Å²) in [6, 6.07) is 0. The third kappa shape index (κ3) is 2.93. The molecule has 0 fully saturated rings. The Morgan fingerprint density at radius 3 is 2.47 bits per heavy atom. The van der Waals surface area contributed by atoms with Crippen LogP contribution in [0.15, 0.2) is 12.4 Å². The first kappa shape index (κ1) is 11.5. The molecule has 0 radical (unpaired) electrons. The number of nitrogen functional groups attached to an aromatic ring is 1. The van der Waals surface area contributed by atoms with Crippen molar-refractivity contribution in [2.45, 2.75) is 0 Å². The molecule has 4 N–H and O–H groups in total. The smallest absolute Gasteiger partial charge is 0.389 e. The van der Waals surface area contributed by atoms with Gasteiger partial charge in [-0.15, -0.1) is 0 Å². The normalized spacial score (nSPS) is 10.3. The van der Waals surface area contributed by atoms with E-state index in [-0.39, 0.29) is 19.2 Å². The zero-order valence-electron chi connectivity index (χ0n) is 8.20. The highest BCUT2D eigenvalue weighted by Gasteiger charge is 2.09. The highest BCUT2D eigenvalue weighted by molar-refractivity contribution is 5.41. The van der Waals surface area contributed by atoms with Crippen molar-refractivity contribution in [2.24, 2.45) is 0 Å². The van der Waals surface area contributed by atoms with Crippen LogP contribution < -0.4 is 15.4 Å². The molecule has 0 aromatic carbocycles. The fourth-order valence-electron chi connectivity index (χ4n) is 1.18. The molecule has 0 amide bonds. The first-order chi connectivity index (χ1) is 7.19. The second-order valence-electron chi connectivity index (χ2n) is 2.93. The van der Waals surface area contributed by atoms with Gasteiger partial charge in [-0.05, 0) is 0 Å². The van der Waals surface area contributed by atoms with E-state index in [1.165, 1.54) is 12.4 Å². The molecule has 0 atom stereocenters. The highest BCUT2D eigenvalue weighted by Crippen LogP contribution is 2.09. The number of nitrogens with two attached hydrogens (primary N) is 1. The molecule has 0 spiro atoms. The van der Waals surface area contributed by atoms with E-state index in [1.807, 2.05) is 0 Å². The van der Waals surface area contributed by atoms with Crippen LogP contribution in [0.2, 0.25) is 0 Å². The number of anilines is 2. The summed E-state index contributed by atoms with van der Waals surface area (Å²) in [6.07, 6.45) is 2.68. The second kappa shape index (κ2) is 5.32. The van der Waals surface area contributed by atoms with Crippen LogP contribution in [-0.2, 0) is 0 Å². The maximum atomic E-state index is 11.1. The van der Waals surface area contributed by atoms with Crippen LogP contribution in [0.1, 0.15) is 0 Å². The van der Waals surface area contributed by atoms with Gasteiger partial charge in [0.2, 0.25) is 0 Å². The van der Waals surface area contributed by atoms with Gasteiger partial charge in [-0.1, -0.05) is 4.98 Å². The van der Waals surface area contributed by atoms with Crippen LogP contribution in [-0.4, -0.2) is 41.5 Å². The summed E-state index contributed by atoms with van der Waals surface area (Å²) in [4.78, 5) is 5.33. The standard InChI is InChI=1S/C8H14N4O3/c9-8-10-5-7(6-12(8)15)11(1-3-13)2-4-14/h5-6,13-14H,1-4H2,(H2,9,10). The van der Waals surface area contributed by atoms with Crippen LogP contribution in [0.5, 0.6) is 0 Å². The van der Waals surface area contributed by atoms with Crippen LogP contribution in [0.3, 0.4) is 0 Å². The summed E-state index contributed by atoms with van der Waals surface area (Å²) in [5.74, 6) is -0.133. The Hall–Kier alpha value is -1.60. The van der Waals surface area contributed by atoms with Gasteiger partial charge < -0.3 is 20.3 Å². The Labute approximate surface area is 87.0 Å². The number of hydrogen-bond acceptors (Lipinski definition) is 6. The minimum absolute atomic E-state index is 0.0662. The summed E-state index contributed by atoms with van der Waals surface area (Å²) in [5, 5.41) is 28.7. The third-order valence-corrected chi connectivity index (χ3v) is 1.91. The molecule has 0 aliphatic rings. The predicted octanol–water partition coefficient (Wildman–Crippen LogP) is -1.91. The fraction of sp³-hybridized carbons (Fsp3) is 0.500. The molecule has 0 saturated carbocycles. The van der Waals surface area contributed by atoms with Crippen molar-refractivity contribution in [1.82, 2.24) is 4.98 Å². The average Bonchev–Trinajstić information content (AvgIpc) is 2.22. The molecule has 84 valence electrons. The van der Waals surface area contributed by atoms with Crippen molar-refractivity contribution in [2.75, 3.05) is 36.9 Å². The van der Waals surface area contributed by atoms with Crippen LogP contribution in [0.4, 0.5) is 11.6 Å². The first-order valence-corrected chi connectivity index (χ1v) is 4.50. The van der Waals surface area contributed by atoms with Gasteiger partial charge in [0.1, 0.15) is 11.9 Å². The van der Waals surface area contributed by atoms with Crippen molar-refractivity contribution in [3.63, 3.8) is 0 Å². The molecular weight excluding hydrogens is 200 g/mol. The third-order valence-electron chi connectivity index (χ3n) is 1.91. The van der Waals surface area contributed by atoms with E-state index in [4.69, 9.17) is 15.9 Å². The van der Waals surface area contributed by atoms with E-state index in [9.17, 15) is 5.21 Å². The largest absolute Gasteiger partial charge is 0.740 e. The number of aromatic nitrogens is 2. The van der Waals surface area contributed by atoms with Crippen LogP contribution in [0, 0.1) is 5.21 Å². The molecular formula is C8H14N4O3.